The average Bonchev–Trinajstić information content (AvgIpc) is 2.35. The van der Waals surface area contributed by atoms with E-state index in [9.17, 15) is 4.79 Å². The zero-order valence-corrected chi connectivity index (χ0v) is 11.7. The summed E-state index contributed by atoms with van der Waals surface area (Å²) in [6.45, 7) is 7.80. The summed E-state index contributed by atoms with van der Waals surface area (Å²) >= 11 is 0. The van der Waals surface area contributed by atoms with Crippen LogP contribution in [0.2, 0.25) is 0 Å². The van der Waals surface area contributed by atoms with Crippen molar-refractivity contribution >= 4 is 18.3 Å². The minimum absolute atomic E-state index is 0. The Morgan fingerprint density at radius 3 is 2.71 bits per heavy atom. The molecule has 17 heavy (non-hydrogen) atoms. The number of carbonyl (C=O) groups is 1. The Morgan fingerprint density at radius 2 is 2.18 bits per heavy atom. The Labute approximate surface area is 110 Å². The van der Waals surface area contributed by atoms with Gasteiger partial charge in [0.25, 0.3) is 0 Å². The average molecular weight is 265 g/mol. The highest BCUT2D eigenvalue weighted by atomic mass is 35.5. The van der Waals surface area contributed by atoms with Crippen LogP contribution in [0, 0.1) is 0 Å². The molecule has 0 aliphatic carbocycles. The van der Waals surface area contributed by atoms with Crippen LogP contribution in [0.3, 0.4) is 0 Å². The molecule has 1 rings (SSSR count). The highest BCUT2D eigenvalue weighted by Gasteiger charge is 2.24. The summed E-state index contributed by atoms with van der Waals surface area (Å²) in [7, 11) is 0. The highest BCUT2D eigenvalue weighted by Crippen LogP contribution is 2.09. The quantitative estimate of drug-likeness (QED) is 0.738. The van der Waals surface area contributed by atoms with Gasteiger partial charge in [-0.1, -0.05) is 6.42 Å². The standard InChI is InChI=1S/C12H24N2O2.ClH/c1-3-14(9-10-16-4-2)12(15)11-7-5-6-8-13-11;/h11,13H,3-10H2,1-2H3;1H. The lowest BCUT2D eigenvalue weighted by molar-refractivity contribution is -0.134. The molecule has 1 saturated heterocycles. The maximum Gasteiger partial charge on any atom is 0.239 e. The van der Waals surface area contributed by atoms with E-state index < -0.39 is 0 Å². The molecule has 1 aliphatic heterocycles. The number of likely N-dealkylation sites (N-methyl/N-ethyl adjacent to an activating group) is 1. The molecule has 102 valence electrons. The molecule has 1 fully saturated rings. The van der Waals surface area contributed by atoms with Crippen molar-refractivity contribution in [2.45, 2.75) is 39.2 Å². The zero-order valence-electron chi connectivity index (χ0n) is 10.9. The van der Waals surface area contributed by atoms with Crippen LogP contribution >= 0.6 is 12.4 Å². The van der Waals surface area contributed by atoms with Crippen LogP contribution in [0.1, 0.15) is 33.1 Å². The van der Waals surface area contributed by atoms with Crippen LogP contribution in [0.4, 0.5) is 0 Å². The number of rotatable bonds is 6. The largest absolute Gasteiger partial charge is 0.380 e. The summed E-state index contributed by atoms with van der Waals surface area (Å²) in [5.74, 6) is 0.238. The summed E-state index contributed by atoms with van der Waals surface area (Å²) in [5, 5.41) is 3.29. The number of nitrogens with zero attached hydrogens (tertiary/aromatic N) is 1. The number of amides is 1. The van der Waals surface area contributed by atoms with Crippen molar-refractivity contribution in [1.29, 1.82) is 0 Å². The summed E-state index contributed by atoms with van der Waals surface area (Å²) in [6.07, 6.45) is 3.32. The molecule has 5 heteroatoms. The van der Waals surface area contributed by atoms with Gasteiger partial charge in [0, 0.05) is 19.7 Å². The smallest absolute Gasteiger partial charge is 0.239 e. The van der Waals surface area contributed by atoms with Crippen LogP contribution in [0.5, 0.6) is 0 Å². The second-order valence-corrected chi connectivity index (χ2v) is 4.12. The Hall–Kier alpha value is -0.320. The molecule has 1 amide bonds. The molecule has 0 radical (unpaired) electrons. The lowest BCUT2D eigenvalue weighted by Gasteiger charge is -2.29. The minimum Gasteiger partial charge on any atom is -0.380 e. The van der Waals surface area contributed by atoms with Gasteiger partial charge in [-0.2, -0.15) is 0 Å². The van der Waals surface area contributed by atoms with Crippen LogP contribution < -0.4 is 5.32 Å². The Balaban J connectivity index is 0.00000256. The second kappa shape index (κ2) is 9.68. The van der Waals surface area contributed by atoms with E-state index in [1.807, 2.05) is 18.7 Å². The molecular weight excluding hydrogens is 240 g/mol. The first-order valence-electron chi connectivity index (χ1n) is 6.39. The van der Waals surface area contributed by atoms with E-state index in [0.29, 0.717) is 19.8 Å². The molecule has 0 spiro atoms. The van der Waals surface area contributed by atoms with E-state index in [0.717, 1.165) is 25.9 Å². The molecule has 1 heterocycles. The molecule has 0 aromatic rings. The fraction of sp³-hybridized carbons (Fsp3) is 0.917. The van der Waals surface area contributed by atoms with Crippen LogP contribution in [0.25, 0.3) is 0 Å². The van der Waals surface area contributed by atoms with Gasteiger partial charge < -0.3 is 15.0 Å². The predicted molar refractivity (Wildman–Crippen MR) is 71.6 cm³/mol. The first-order chi connectivity index (χ1) is 7.79. The topological polar surface area (TPSA) is 41.6 Å². The molecule has 0 bridgehead atoms. The van der Waals surface area contributed by atoms with Gasteiger partial charge in [0.15, 0.2) is 0 Å². The van der Waals surface area contributed by atoms with Gasteiger partial charge in [-0.05, 0) is 33.2 Å². The number of nitrogens with one attached hydrogen (secondary N) is 1. The maximum absolute atomic E-state index is 12.1. The number of hydrogen-bond donors (Lipinski definition) is 1. The monoisotopic (exact) mass is 264 g/mol. The Morgan fingerprint density at radius 1 is 1.41 bits per heavy atom. The number of hydrogen-bond acceptors (Lipinski definition) is 3. The van der Waals surface area contributed by atoms with E-state index in [2.05, 4.69) is 5.32 Å². The van der Waals surface area contributed by atoms with E-state index in [4.69, 9.17) is 4.74 Å². The van der Waals surface area contributed by atoms with Crippen molar-refractivity contribution in [1.82, 2.24) is 10.2 Å². The summed E-state index contributed by atoms with van der Waals surface area (Å²) < 4.78 is 5.29. The van der Waals surface area contributed by atoms with E-state index >= 15 is 0 Å². The lowest BCUT2D eigenvalue weighted by atomic mass is 10.0. The molecule has 4 nitrogen and oxygen atoms in total. The van der Waals surface area contributed by atoms with E-state index in [1.165, 1.54) is 6.42 Å². The lowest BCUT2D eigenvalue weighted by Crippen LogP contribution is -2.49. The summed E-state index contributed by atoms with van der Waals surface area (Å²) in [4.78, 5) is 14.0. The number of piperidine rings is 1. The van der Waals surface area contributed by atoms with Gasteiger partial charge >= 0.3 is 0 Å². The van der Waals surface area contributed by atoms with E-state index in [1.54, 1.807) is 0 Å². The normalized spacial score (nSPS) is 19.5. The van der Waals surface area contributed by atoms with Crippen molar-refractivity contribution in [2.24, 2.45) is 0 Å². The molecule has 0 saturated carbocycles. The van der Waals surface area contributed by atoms with Gasteiger partial charge in [-0.15, -0.1) is 12.4 Å². The SMILES string of the molecule is CCOCCN(CC)C(=O)C1CCCCN1.Cl. The zero-order chi connectivity index (χ0) is 11.8. The van der Waals surface area contributed by atoms with Gasteiger partial charge in [0.05, 0.1) is 12.6 Å². The number of ether oxygens (including phenoxy) is 1. The third-order valence-corrected chi connectivity index (χ3v) is 3.01. The fourth-order valence-corrected chi connectivity index (χ4v) is 2.03. The van der Waals surface area contributed by atoms with Crippen LogP contribution in [0.15, 0.2) is 0 Å². The Bertz CT molecular complexity index is 209. The third-order valence-electron chi connectivity index (χ3n) is 3.01. The van der Waals surface area contributed by atoms with Gasteiger partial charge in [-0.3, -0.25) is 4.79 Å². The second-order valence-electron chi connectivity index (χ2n) is 4.12. The van der Waals surface area contributed by atoms with Crippen molar-refractivity contribution < 1.29 is 9.53 Å². The number of carbonyl (C=O) groups excluding carboxylic acids is 1. The first kappa shape index (κ1) is 16.7. The van der Waals surface area contributed by atoms with Gasteiger partial charge in [-0.25, -0.2) is 0 Å². The number of halogens is 1. The summed E-state index contributed by atoms with van der Waals surface area (Å²) in [6, 6.07) is 0.0373. The molecule has 0 aromatic heterocycles. The van der Waals surface area contributed by atoms with Crippen LogP contribution in [-0.2, 0) is 9.53 Å². The molecule has 1 aliphatic rings. The first-order valence-corrected chi connectivity index (χ1v) is 6.39. The summed E-state index contributed by atoms with van der Waals surface area (Å²) in [5.41, 5.74) is 0. The van der Waals surface area contributed by atoms with Gasteiger partial charge in [0.1, 0.15) is 0 Å². The van der Waals surface area contributed by atoms with Crippen molar-refractivity contribution in [3.8, 4) is 0 Å². The maximum atomic E-state index is 12.1. The van der Waals surface area contributed by atoms with Crippen molar-refractivity contribution in [3.63, 3.8) is 0 Å². The van der Waals surface area contributed by atoms with Crippen molar-refractivity contribution in [3.05, 3.63) is 0 Å². The minimum atomic E-state index is 0. The highest BCUT2D eigenvalue weighted by molar-refractivity contribution is 5.85. The molecule has 1 atom stereocenters. The Kier molecular flexibility index (Phi) is 9.50. The van der Waals surface area contributed by atoms with E-state index in [-0.39, 0.29) is 24.4 Å². The molecule has 0 aromatic carbocycles. The molecule has 1 N–H and O–H groups in total. The van der Waals surface area contributed by atoms with Crippen molar-refractivity contribution in [2.75, 3.05) is 32.8 Å². The third kappa shape index (κ3) is 5.70. The van der Waals surface area contributed by atoms with Gasteiger partial charge in [0.2, 0.25) is 5.91 Å². The fourth-order valence-electron chi connectivity index (χ4n) is 2.03. The molecular formula is C12H25ClN2O2. The molecule has 1 unspecified atom stereocenters. The van der Waals surface area contributed by atoms with Crippen LogP contribution in [-0.4, -0.2) is 49.7 Å². The predicted octanol–water partition coefficient (Wildman–Crippen LogP) is 1.44.